The fourth-order valence-corrected chi connectivity index (χ4v) is 6.29. The number of methoxy groups -OCH3 is 1. The number of hydrogen-bond donors (Lipinski definition) is 0. The second-order valence-electron chi connectivity index (χ2n) is 7.10. The SMILES string of the molecule is COc1ccc(CSc2nnc(SCC(=O)C(C#N)=C3N(C)c4ccccc4N3C)s2)cc1. The van der Waals surface area contributed by atoms with Crippen molar-refractivity contribution in [1.29, 1.82) is 5.26 Å². The first-order valence-corrected chi connectivity index (χ1v) is 12.8. The Hall–Kier alpha value is -3.00. The van der Waals surface area contributed by atoms with Crippen LogP contribution in [0.4, 0.5) is 11.4 Å². The van der Waals surface area contributed by atoms with Gasteiger partial charge in [0.25, 0.3) is 0 Å². The maximum atomic E-state index is 12.9. The van der Waals surface area contributed by atoms with Crippen molar-refractivity contribution in [2.45, 2.75) is 14.4 Å². The lowest BCUT2D eigenvalue weighted by atomic mass is 10.2. The van der Waals surface area contributed by atoms with Crippen LogP contribution in [0.15, 0.2) is 68.6 Å². The minimum Gasteiger partial charge on any atom is -0.497 e. The predicted octanol–water partition coefficient (Wildman–Crippen LogP) is 4.82. The first-order chi connectivity index (χ1) is 16.0. The van der Waals surface area contributed by atoms with E-state index in [1.54, 1.807) is 18.9 Å². The molecule has 0 unspecified atom stereocenters. The van der Waals surface area contributed by atoms with Crippen LogP contribution in [0.25, 0.3) is 0 Å². The largest absolute Gasteiger partial charge is 0.497 e. The number of ether oxygens (including phenoxy) is 1. The van der Waals surface area contributed by atoms with E-state index in [-0.39, 0.29) is 17.1 Å². The van der Waals surface area contributed by atoms with Crippen molar-refractivity contribution >= 4 is 52.0 Å². The number of aromatic nitrogens is 2. The Morgan fingerprint density at radius 2 is 1.64 bits per heavy atom. The molecule has 7 nitrogen and oxygen atoms in total. The van der Waals surface area contributed by atoms with Gasteiger partial charge in [0, 0.05) is 19.8 Å². The molecule has 0 amide bonds. The highest BCUT2D eigenvalue weighted by Crippen LogP contribution is 2.40. The summed E-state index contributed by atoms with van der Waals surface area (Å²) >= 11 is 4.36. The Morgan fingerprint density at radius 3 is 2.21 bits per heavy atom. The third-order valence-electron chi connectivity index (χ3n) is 5.09. The molecule has 10 heteroatoms. The van der Waals surface area contributed by atoms with Gasteiger partial charge in [0.1, 0.15) is 23.2 Å². The second kappa shape index (κ2) is 10.3. The van der Waals surface area contributed by atoms with Gasteiger partial charge in [0.15, 0.2) is 14.5 Å². The van der Waals surface area contributed by atoms with E-state index in [0.717, 1.165) is 32.8 Å². The van der Waals surface area contributed by atoms with E-state index in [0.29, 0.717) is 10.2 Å². The molecule has 168 valence electrons. The normalized spacial score (nSPS) is 12.5. The first kappa shape index (κ1) is 23.2. The van der Waals surface area contributed by atoms with Crippen LogP contribution in [0.1, 0.15) is 5.56 Å². The Labute approximate surface area is 205 Å². The number of rotatable bonds is 8. The molecule has 4 rings (SSSR count). The number of carbonyl (C=O) groups excluding carboxylic acids is 1. The van der Waals surface area contributed by atoms with Gasteiger partial charge in [-0.2, -0.15) is 5.26 Å². The third-order valence-corrected chi connectivity index (χ3v) is 8.35. The highest BCUT2D eigenvalue weighted by molar-refractivity contribution is 8.03. The molecule has 0 spiro atoms. The molecule has 1 aliphatic rings. The van der Waals surface area contributed by atoms with Crippen LogP contribution in [0.5, 0.6) is 5.75 Å². The summed E-state index contributed by atoms with van der Waals surface area (Å²) in [6.07, 6.45) is 0. The smallest absolute Gasteiger partial charge is 0.187 e. The number of para-hydroxylation sites is 2. The molecule has 1 aromatic heterocycles. The number of allylic oxidation sites excluding steroid dienone is 1. The van der Waals surface area contributed by atoms with E-state index in [9.17, 15) is 10.1 Å². The summed E-state index contributed by atoms with van der Waals surface area (Å²) in [6.45, 7) is 0. The zero-order chi connectivity index (χ0) is 23.4. The van der Waals surface area contributed by atoms with Gasteiger partial charge in [-0.15, -0.1) is 10.2 Å². The van der Waals surface area contributed by atoms with E-state index in [1.165, 1.54) is 23.1 Å². The van der Waals surface area contributed by atoms with Crippen molar-refractivity contribution in [3.05, 3.63) is 65.5 Å². The average Bonchev–Trinajstić information content (AvgIpc) is 3.41. The Morgan fingerprint density at radius 1 is 1.03 bits per heavy atom. The average molecular weight is 496 g/mol. The molecule has 0 radical (unpaired) electrons. The number of thioether (sulfide) groups is 2. The molecule has 0 fully saturated rings. The zero-order valence-corrected chi connectivity index (χ0v) is 20.8. The summed E-state index contributed by atoms with van der Waals surface area (Å²) in [5, 5.41) is 18.2. The van der Waals surface area contributed by atoms with Crippen LogP contribution in [-0.4, -0.2) is 42.9 Å². The van der Waals surface area contributed by atoms with Crippen LogP contribution in [0.2, 0.25) is 0 Å². The van der Waals surface area contributed by atoms with Gasteiger partial charge < -0.3 is 14.5 Å². The van der Waals surface area contributed by atoms with Crippen LogP contribution in [-0.2, 0) is 10.5 Å². The number of nitriles is 1. The van der Waals surface area contributed by atoms with Gasteiger partial charge in [-0.3, -0.25) is 4.79 Å². The van der Waals surface area contributed by atoms with Gasteiger partial charge in [-0.1, -0.05) is 59.1 Å². The van der Waals surface area contributed by atoms with E-state index >= 15 is 0 Å². The first-order valence-electron chi connectivity index (χ1n) is 9.98. The molecule has 2 aromatic carbocycles. The molecule has 1 aliphatic heterocycles. The highest BCUT2D eigenvalue weighted by atomic mass is 32.2. The number of anilines is 2. The van der Waals surface area contributed by atoms with Crippen molar-refractivity contribution in [3.63, 3.8) is 0 Å². The molecular weight excluding hydrogens is 474 g/mol. The number of hydrogen-bond acceptors (Lipinski definition) is 10. The van der Waals surface area contributed by atoms with Crippen molar-refractivity contribution in [3.8, 4) is 11.8 Å². The third kappa shape index (κ3) is 5.00. The minimum absolute atomic E-state index is 0.127. The molecule has 2 heterocycles. The van der Waals surface area contributed by atoms with Gasteiger partial charge in [-0.05, 0) is 29.8 Å². The lowest BCUT2D eigenvalue weighted by molar-refractivity contribution is -0.112. The van der Waals surface area contributed by atoms with E-state index < -0.39 is 0 Å². The number of Topliss-reactive ketones (excluding diaryl/α,β-unsaturated/α-hetero) is 1. The Kier molecular flexibility index (Phi) is 7.23. The quantitative estimate of drug-likeness (QED) is 0.248. The molecule has 0 bridgehead atoms. The van der Waals surface area contributed by atoms with E-state index in [4.69, 9.17) is 4.74 Å². The minimum atomic E-state index is -0.230. The van der Waals surface area contributed by atoms with Gasteiger partial charge in [-0.25, -0.2) is 0 Å². The molecule has 0 saturated heterocycles. The fourth-order valence-electron chi connectivity index (χ4n) is 3.44. The molecule has 0 aliphatic carbocycles. The van der Waals surface area contributed by atoms with Crippen LogP contribution in [0, 0.1) is 11.3 Å². The van der Waals surface area contributed by atoms with Gasteiger partial charge in [0.2, 0.25) is 0 Å². The van der Waals surface area contributed by atoms with Crippen molar-refractivity contribution in [2.75, 3.05) is 36.8 Å². The molecular formula is C23H21N5O2S3. The summed E-state index contributed by atoms with van der Waals surface area (Å²) in [4.78, 5) is 16.7. The summed E-state index contributed by atoms with van der Waals surface area (Å²) in [7, 11) is 5.38. The number of ketones is 1. The van der Waals surface area contributed by atoms with E-state index in [1.807, 2.05) is 72.4 Å². The predicted molar refractivity (Wildman–Crippen MR) is 134 cm³/mol. The second-order valence-corrected chi connectivity index (χ2v) is 10.5. The maximum Gasteiger partial charge on any atom is 0.187 e. The van der Waals surface area contributed by atoms with Crippen molar-refractivity contribution < 1.29 is 9.53 Å². The number of benzene rings is 2. The van der Waals surface area contributed by atoms with Gasteiger partial charge in [0.05, 0.1) is 24.2 Å². The van der Waals surface area contributed by atoms with Crippen LogP contribution >= 0.6 is 34.9 Å². The van der Waals surface area contributed by atoms with Crippen LogP contribution in [0.3, 0.4) is 0 Å². The monoisotopic (exact) mass is 495 g/mol. The summed E-state index contributed by atoms with van der Waals surface area (Å²) < 4.78 is 6.73. The Balaban J connectivity index is 1.38. The molecule has 33 heavy (non-hydrogen) atoms. The fraction of sp³-hybridized carbons (Fsp3) is 0.217. The summed E-state index contributed by atoms with van der Waals surface area (Å²) in [5.74, 6) is 2.09. The molecule has 0 N–H and O–H groups in total. The number of nitrogens with zero attached hydrogens (tertiary/aromatic N) is 5. The van der Waals surface area contributed by atoms with Crippen molar-refractivity contribution in [2.24, 2.45) is 0 Å². The van der Waals surface area contributed by atoms with E-state index in [2.05, 4.69) is 16.3 Å². The maximum absolute atomic E-state index is 12.9. The summed E-state index contributed by atoms with van der Waals surface area (Å²) in [5.41, 5.74) is 3.23. The topological polar surface area (TPSA) is 82.3 Å². The summed E-state index contributed by atoms with van der Waals surface area (Å²) in [6, 6.07) is 17.8. The number of carbonyl (C=O) groups is 1. The lowest BCUT2D eigenvalue weighted by Gasteiger charge is -2.19. The zero-order valence-electron chi connectivity index (χ0n) is 18.3. The highest BCUT2D eigenvalue weighted by Gasteiger charge is 2.31. The number of fused-ring (bicyclic) bond motifs is 1. The molecule has 0 atom stereocenters. The molecule has 3 aromatic rings. The van der Waals surface area contributed by atoms with Crippen molar-refractivity contribution in [1.82, 2.24) is 10.2 Å². The Bertz CT molecular complexity index is 1200. The molecule has 0 saturated carbocycles. The van der Waals surface area contributed by atoms with Crippen LogP contribution < -0.4 is 14.5 Å². The lowest BCUT2D eigenvalue weighted by Crippen LogP contribution is -2.26. The van der Waals surface area contributed by atoms with Gasteiger partial charge >= 0.3 is 0 Å². The standard InChI is InChI=1S/C23H21N5O2S3/c1-27-18-6-4-5-7-19(18)28(2)21(27)17(12-24)20(29)14-32-23-26-25-22(33-23)31-13-15-8-10-16(30-3)11-9-15/h4-11H,13-14H2,1-3H3.